The Bertz CT molecular complexity index is 752. The lowest BCUT2D eigenvalue weighted by Gasteiger charge is -2.48. The van der Waals surface area contributed by atoms with Crippen molar-refractivity contribution in [2.45, 2.75) is 71.3 Å². The number of aromatic nitrogens is 4. The van der Waals surface area contributed by atoms with Gasteiger partial charge in [0.15, 0.2) is 5.82 Å². The molecule has 0 unspecified atom stereocenters. The minimum Gasteiger partial charge on any atom is -0.291 e. The Balaban J connectivity index is 1.80. The van der Waals surface area contributed by atoms with E-state index in [1.165, 1.54) is 69.2 Å². The predicted molar refractivity (Wildman–Crippen MR) is 103 cm³/mol. The molecule has 1 saturated carbocycles. The molecule has 5 nitrogen and oxygen atoms in total. The summed E-state index contributed by atoms with van der Waals surface area (Å²) < 4.78 is 2.03. The predicted octanol–water partition coefficient (Wildman–Crippen LogP) is 4.17. The number of tetrazole rings is 1. The highest BCUT2D eigenvalue weighted by molar-refractivity contribution is 5.44. The molecule has 2 fully saturated rings. The number of likely N-dealkylation sites (tertiary alicyclic amines) is 1. The van der Waals surface area contributed by atoms with Gasteiger partial charge in [-0.3, -0.25) is 4.90 Å². The topological polar surface area (TPSA) is 46.8 Å². The van der Waals surface area contributed by atoms with Crippen molar-refractivity contribution in [3.8, 4) is 5.69 Å². The van der Waals surface area contributed by atoms with Crippen molar-refractivity contribution in [3.63, 3.8) is 0 Å². The fourth-order valence-electron chi connectivity index (χ4n) is 4.85. The lowest BCUT2D eigenvalue weighted by molar-refractivity contribution is 0.0110. The van der Waals surface area contributed by atoms with E-state index >= 15 is 0 Å². The second-order valence-corrected chi connectivity index (χ2v) is 8.40. The molecular weight excluding hydrogens is 322 g/mol. The second-order valence-electron chi connectivity index (χ2n) is 8.40. The quantitative estimate of drug-likeness (QED) is 0.831. The lowest BCUT2D eigenvalue weighted by Crippen LogP contribution is -2.52. The summed E-state index contributed by atoms with van der Waals surface area (Å²) in [5, 5.41) is 13.2. The highest BCUT2D eigenvalue weighted by Gasteiger charge is 2.45. The van der Waals surface area contributed by atoms with Crippen LogP contribution in [0.3, 0.4) is 0 Å². The fourth-order valence-corrected chi connectivity index (χ4v) is 4.85. The minimum absolute atomic E-state index is 0.00733. The standard InChI is InChI=1S/C21H31N5/c1-16-10-12-21(13-11-16,25-14-5-4-6-15-25)20-22-23-24-26(20)19-9-7-8-17(2)18(19)3/h7-9,16H,4-6,10-15H2,1-3H3. The van der Waals surface area contributed by atoms with Crippen molar-refractivity contribution in [2.24, 2.45) is 5.92 Å². The molecule has 26 heavy (non-hydrogen) atoms. The first-order chi connectivity index (χ1) is 12.6. The van der Waals surface area contributed by atoms with E-state index in [-0.39, 0.29) is 5.54 Å². The molecule has 0 atom stereocenters. The minimum atomic E-state index is -0.00733. The Labute approximate surface area is 156 Å². The lowest BCUT2D eigenvalue weighted by atomic mass is 9.74. The number of piperidine rings is 1. The molecule has 4 rings (SSSR count). The summed E-state index contributed by atoms with van der Waals surface area (Å²) in [7, 11) is 0. The third-order valence-electron chi connectivity index (χ3n) is 6.75. The number of hydrogen-bond acceptors (Lipinski definition) is 4. The van der Waals surface area contributed by atoms with Crippen LogP contribution in [0.1, 0.15) is 68.8 Å². The number of aryl methyl sites for hydroxylation is 1. The molecule has 0 radical (unpaired) electrons. The largest absolute Gasteiger partial charge is 0.291 e. The van der Waals surface area contributed by atoms with Crippen LogP contribution in [0.5, 0.6) is 0 Å². The van der Waals surface area contributed by atoms with E-state index in [4.69, 9.17) is 0 Å². The molecule has 2 aliphatic rings. The van der Waals surface area contributed by atoms with E-state index in [1.54, 1.807) is 0 Å². The Morgan fingerprint density at radius 3 is 2.50 bits per heavy atom. The van der Waals surface area contributed by atoms with Crippen molar-refractivity contribution in [1.29, 1.82) is 0 Å². The molecule has 0 amide bonds. The average Bonchev–Trinajstić information content (AvgIpc) is 3.16. The molecule has 5 heteroatoms. The highest BCUT2D eigenvalue weighted by Crippen LogP contribution is 2.44. The van der Waals surface area contributed by atoms with E-state index in [0.717, 1.165) is 17.4 Å². The fraction of sp³-hybridized carbons (Fsp3) is 0.667. The first kappa shape index (κ1) is 17.7. The van der Waals surface area contributed by atoms with Gasteiger partial charge in [-0.2, -0.15) is 4.68 Å². The maximum atomic E-state index is 4.62. The SMILES string of the molecule is Cc1cccc(-n2nnnc2C2(N3CCCCC3)CCC(C)CC2)c1C. The van der Waals surface area contributed by atoms with Gasteiger partial charge in [-0.15, -0.1) is 5.10 Å². The van der Waals surface area contributed by atoms with Crippen LogP contribution in [0.15, 0.2) is 18.2 Å². The van der Waals surface area contributed by atoms with Crippen LogP contribution in [-0.2, 0) is 5.54 Å². The van der Waals surface area contributed by atoms with E-state index in [9.17, 15) is 0 Å². The molecule has 2 heterocycles. The van der Waals surface area contributed by atoms with Gasteiger partial charge in [-0.1, -0.05) is 25.5 Å². The van der Waals surface area contributed by atoms with Crippen molar-refractivity contribution in [3.05, 3.63) is 35.2 Å². The third kappa shape index (κ3) is 2.96. The Morgan fingerprint density at radius 1 is 1.04 bits per heavy atom. The van der Waals surface area contributed by atoms with E-state index in [1.807, 2.05) is 4.68 Å². The Kier molecular flexibility index (Phi) is 4.82. The first-order valence-corrected chi connectivity index (χ1v) is 10.2. The smallest absolute Gasteiger partial charge is 0.176 e. The molecule has 140 valence electrons. The van der Waals surface area contributed by atoms with Gasteiger partial charge in [-0.25, -0.2) is 0 Å². The summed E-state index contributed by atoms with van der Waals surface area (Å²) in [5.41, 5.74) is 3.67. The van der Waals surface area contributed by atoms with Crippen LogP contribution in [0, 0.1) is 19.8 Å². The maximum Gasteiger partial charge on any atom is 0.176 e. The van der Waals surface area contributed by atoms with Gasteiger partial charge in [-0.05, 0) is 99.0 Å². The Morgan fingerprint density at radius 2 is 1.77 bits per heavy atom. The third-order valence-corrected chi connectivity index (χ3v) is 6.75. The maximum absolute atomic E-state index is 4.62. The molecule has 0 bridgehead atoms. The number of benzene rings is 1. The molecule has 1 saturated heterocycles. The summed E-state index contributed by atoms with van der Waals surface area (Å²) in [6, 6.07) is 6.42. The van der Waals surface area contributed by atoms with Crippen molar-refractivity contribution < 1.29 is 0 Å². The van der Waals surface area contributed by atoms with Gasteiger partial charge >= 0.3 is 0 Å². The van der Waals surface area contributed by atoms with Gasteiger partial charge in [0.1, 0.15) is 0 Å². The van der Waals surface area contributed by atoms with Crippen molar-refractivity contribution in [2.75, 3.05) is 13.1 Å². The normalized spacial score (nSPS) is 27.6. The number of nitrogens with zero attached hydrogens (tertiary/aromatic N) is 5. The number of hydrogen-bond donors (Lipinski definition) is 0. The summed E-state index contributed by atoms with van der Waals surface area (Å²) >= 11 is 0. The zero-order valence-corrected chi connectivity index (χ0v) is 16.4. The molecule has 1 aromatic carbocycles. The number of rotatable bonds is 3. The molecule has 1 aliphatic heterocycles. The molecule has 0 N–H and O–H groups in total. The van der Waals surface area contributed by atoms with Crippen LogP contribution in [0.2, 0.25) is 0 Å². The second kappa shape index (κ2) is 7.10. The molecule has 2 aromatic rings. The van der Waals surface area contributed by atoms with E-state index in [0.29, 0.717) is 0 Å². The van der Waals surface area contributed by atoms with E-state index in [2.05, 4.69) is 59.4 Å². The Hall–Kier alpha value is -1.75. The van der Waals surface area contributed by atoms with Crippen LogP contribution in [0.4, 0.5) is 0 Å². The molecule has 1 aliphatic carbocycles. The highest BCUT2D eigenvalue weighted by atomic mass is 15.6. The monoisotopic (exact) mass is 353 g/mol. The van der Waals surface area contributed by atoms with Crippen molar-refractivity contribution in [1.82, 2.24) is 25.1 Å². The summed E-state index contributed by atoms with van der Waals surface area (Å²) in [4.78, 5) is 2.70. The van der Waals surface area contributed by atoms with Gasteiger partial charge < -0.3 is 0 Å². The summed E-state index contributed by atoms with van der Waals surface area (Å²) in [6.07, 6.45) is 8.79. The van der Waals surface area contributed by atoms with Crippen LogP contribution in [0.25, 0.3) is 5.69 Å². The first-order valence-electron chi connectivity index (χ1n) is 10.2. The van der Waals surface area contributed by atoms with Gasteiger partial charge in [0.2, 0.25) is 0 Å². The van der Waals surface area contributed by atoms with Gasteiger partial charge in [0.25, 0.3) is 0 Å². The summed E-state index contributed by atoms with van der Waals surface area (Å²) in [6.45, 7) is 9.06. The van der Waals surface area contributed by atoms with Crippen LogP contribution >= 0.6 is 0 Å². The summed E-state index contributed by atoms with van der Waals surface area (Å²) in [5.74, 6) is 1.86. The van der Waals surface area contributed by atoms with Crippen LogP contribution < -0.4 is 0 Å². The zero-order valence-electron chi connectivity index (χ0n) is 16.4. The van der Waals surface area contributed by atoms with Crippen LogP contribution in [-0.4, -0.2) is 38.2 Å². The van der Waals surface area contributed by atoms with Crippen molar-refractivity contribution >= 4 is 0 Å². The molecular formula is C21H31N5. The molecule has 1 aromatic heterocycles. The zero-order chi connectivity index (χ0) is 18.1. The van der Waals surface area contributed by atoms with E-state index < -0.39 is 0 Å². The van der Waals surface area contributed by atoms with Gasteiger partial charge in [0.05, 0.1) is 11.2 Å². The molecule has 0 spiro atoms. The van der Waals surface area contributed by atoms with Gasteiger partial charge in [0, 0.05) is 0 Å². The average molecular weight is 354 g/mol.